The number of ketones is 1. The number of alkyl halides is 3. The van der Waals surface area contributed by atoms with Gasteiger partial charge in [0, 0.05) is 39.1 Å². The Kier molecular flexibility index (Phi) is 6.13. The van der Waals surface area contributed by atoms with Gasteiger partial charge >= 0.3 is 6.18 Å². The Balaban J connectivity index is 2.14. The number of hydrogen-bond acceptors (Lipinski definition) is 4. The van der Waals surface area contributed by atoms with E-state index in [1.807, 2.05) is 4.90 Å². The molecule has 0 radical (unpaired) electrons. The number of Topliss-reactive ketones (excluding diaryl/α,β-unsaturated/α-hetero) is 1. The Labute approximate surface area is 149 Å². The lowest BCUT2D eigenvalue weighted by Gasteiger charge is -2.33. The van der Waals surface area contributed by atoms with Crippen LogP contribution >= 0.6 is 11.6 Å². The fourth-order valence-electron chi connectivity index (χ4n) is 2.54. The Morgan fingerprint density at radius 1 is 1.20 bits per heavy atom. The van der Waals surface area contributed by atoms with Crippen LogP contribution in [0.1, 0.15) is 18.9 Å². The van der Waals surface area contributed by atoms with E-state index in [1.54, 1.807) is 0 Å². The molecule has 5 nitrogen and oxygen atoms in total. The van der Waals surface area contributed by atoms with Crippen molar-refractivity contribution in [2.45, 2.75) is 24.4 Å². The highest BCUT2D eigenvalue weighted by atomic mass is 35.5. The van der Waals surface area contributed by atoms with Crippen molar-refractivity contribution in [3.05, 3.63) is 28.8 Å². The van der Waals surface area contributed by atoms with Gasteiger partial charge in [-0.25, -0.2) is 8.42 Å². The topological polar surface area (TPSA) is 57.7 Å². The van der Waals surface area contributed by atoms with E-state index in [0.29, 0.717) is 32.1 Å². The Bertz CT molecular complexity index is 745. The Hall–Kier alpha value is -1.16. The van der Waals surface area contributed by atoms with E-state index in [4.69, 9.17) is 11.6 Å². The third kappa shape index (κ3) is 4.93. The summed E-state index contributed by atoms with van der Waals surface area (Å²) >= 11 is 5.53. The van der Waals surface area contributed by atoms with Crippen LogP contribution in [-0.2, 0) is 21.0 Å². The molecular weight excluding hydrogens is 381 g/mol. The van der Waals surface area contributed by atoms with Gasteiger partial charge in [-0.05, 0) is 25.1 Å². The number of benzene rings is 1. The van der Waals surface area contributed by atoms with Gasteiger partial charge in [0.2, 0.25) is 10.0 Å². The summed E-state index contributed by atoms with van der Waals surface area (Å²) in [5.74, 6) is 0.0518. The standard InChI is InChI=1S/C15H18ClF3N2O3S/c1-11(22)4-5-20-6-8-21(9-7-20)25(23,24)12-2-3-14(16)13(10-12)15(17,18)19/h2-3,10H,4-9H2,1H3. The highest BCUT2D eigenvalue weighted by Gasteiger charge is 2.36. The number of sulfonamides is 1. The molecule has 0 atom stereocenters. The van der Waals surface area contributed by atoms with E-state index in [1.165, 1.54) is 6.92 Å². The molecule has 1 aromatic carbocycles. The van der Waals surface area contributed by atoms with Gasteiger partial charge in [-0.15, -0.1) is 0 Å². The fourth-order valence-corrected chi connectivity index (χ4v) is 4.21. The predicted octanol–water partition coefficient (Wildman–Crippen LogP) is 2.64. The first kappa shape index (κ1) is 20.2. The summed E-state index contributed by atoms with van der Waals surface area (Å²) in [5.41, 5.74) is -1.17. The first-order valence-electron chi connectivity index (χ1n) is 7.60. The highest BCUT2D eigenvalue weighted by Crippen LogP contribution is 2.36. The summed E-state index contributed by atoms with van der Waals surface area (Å²) in [7, 11) is -4.04. The van der Waals surface area contributed by atoms with Gasteiger partial charge in [-0.3, -0.25) is 4.79 Å². The normalized spacial score (nSPS) is 17.6. The number of hydrogen-bond donors (Lipinski definition) is 0. The van der Waals surface area contributed by atoms with Crippen molar-refractivity contribution < 1.29 is 26.4 Å². The van der Waals surface area contributed by atoms with Crippen LogP contribution in [0, 0.1) is 0 Å². The average Bonchev–Trinajstić information content (AvgIpc) is 2.52. The van der Waals surface area contributed by atoms with E-state index in [9.17, 15) is 26.4 Å². The monoisotopic (exact) mass is 398 g/mol. The van der Waals surface area contributed by atoms with Crippen molar-refractivity contribution >= 4 is 27.4 Å². The van der Waals surface area contributed by atoms with Gasteiger partial charge in [0.05, 0.1) is 15.5 Å². The largest absolute Gasteiger partial charge is 0.417 e. The van der Waals surface area contributed by atoms with Crippen molar-refractivity contribution in [1.29, 1.82) is 0 Å². The van der Waals surface area contributed by atoms with Crippen molar-refractivity contribution in [2.24, 2.45) is 0 Å². The maximum absolute atomic E-state index is 12.9. The lowest BCUT2D eigenvalue weighted by atomic mass is 10.2. The minimum atomic E-state index is -4.73. The minimum absolute atomic E-state index is 0.0518. The van der Waals surface area contributed by atoms with Crippen LogP contribution in [0.5, 0.6) is 0 Å². The molecule has 0 N–H and O–H groups in total. The molecule has 0 aliphatic carbocycles. The zero-order valence-corrected chi connectivity index (χ0v) is 15.1. The maximum atomic E-state index is 12.9. The first-order chi connectivity index (χ1) is 11.5. The van der Waals surface area contributed by atoms with Crippen molar-refractivity contribution in [3.63, 3.8) is 0 Å². The van der Waals surface area contributed by atoms with Crippen LogP contribution in [0.15, 0.2) is 23.1 Å². The lowest BCUT2D eigenvalue weighted by molar-refractivity contribution is -0.137. The molecule has 140 valence electrons. The van der Waals surface area contributed by atoms with Crippen LogP contribution < -0.4 is 0 Å². The molecule has 25 heavy (non-hydrogen) atoms. The van der Waals surface area contributed by atoms with Crippen LogP contribution in [0.4, 0.5) is 13.2 Å². The van der Waals surface area contributed by atoms with Crippen LogP contribution in [0.25, 0.3) is 0 Å². The number of nitrogens with zero attached hydrogens (tertiary/aromatic N) is 2. The quantitative estimate of drug-likeness (QED) is 0.765. The number of piperazine rings is 1. The molecule has 1 aliphatic rings. The molecule has 1 fully saturated rings. The van der Waals surface area contributed by atoms with Gasteiger partial charge in [-0.2, -0.15) is 17.5 Å². The summed E-state index contributed by atoms with van der Waals surface area (Å²) < 4.78 is 65.1. The summed E-state index contributed by atoms with van der Waals surface area (Å²) in [6.07, 6.45) is -4.34. The van der Waals surface area contributed by atoms with Gasteiger partial charge in [0.15, 0.2) is 0 Å². The zero-order valence-electron chi connectivity index (χ0n) is 13.5. The molecule has 0 aromatic heterocycles. The van der Waals surface area contributed by atoms with E-state index < -0.39 is 31.7 Å². The number of rotatable bonds is 5. The molecule has 0 spiro atoms. The molecule has 10 heteroatoms. The molecule has 0 unspecified atom stereocenters. The second-order valence-corrected chi connectivity index (χ2v) is 8.18. The summed E-state index contributed by atoms with van der Waals surface area (Å²) in [5, 5.41) is -0.541. The van der Waals surface area contributed by atoms with Gasteiger partial charge < -0.3 is 4.90 Å². The smallest absolute Gasteiger partial charge is 0.300 e. The van der Waals surface area contributed by atoms with Crippen molar-refractivity contribution in [2.75, 3.05) is 32.7 Å². The van der Waals surface area contributed by atoms with Crippen LogP contribution in [0.3, 0.4) is 0 Å². The molecule has 1 aliphatic heterocycles. The van der Waals surface area contributed by atoms with Crippen LogP contribution in [-0.4, -0.2) is 56.1 Å². The van der Waals surface area contributed by atoms with Crippen molar-refractivity contribution in [3.8, 4) is 0 Å². The summed E-state index contributed by atoms with van der Waals surface area (Å²) in [6.45, 7) is 3.19. The second-order valence-electron chi connectivity index (χ2n) is 5.84. The fraction of sp³-hybridized carbons (Fsp3) is 0.533. The Morgan fingerprint density at radius 2 is 1.80 bits per heavy atom. The highest BCUT2D eigenvalue weighted by molar-refractivity contribution is 7.89. The van der Waals surface area contributed by atoms with E-state index in [2.05, 4.69) is 0 Å². The zero-order chi connectivity index (χ0) is 18.8. The van der Waals surface area contributed by atoms with Gasteiger partial charge in [0.1, 0.15) is 5.78 Å². The SMILES string of the molecule is CC(=O)CCN1CCN(S(=O)(=O)c2ccc(Cl)c(C(F)(F)F)c2)CC1. The molecule has 1 aromatic rings. The second kappa shape index (κ2) is 7.61. The third-order valence-electron chi connectivity index (χ3n) is 3.99. The molecule has 1 heterocycles. The van der Waals surface area contributed by atoms with Crippen LogP contribution in [0.2, 0.25) is 5.02 Å². The molecular formula is C15H18ClF3N2O3S. The molecule has 1 saturated heterocycles. The molecule has 0 amide bonds. The molecule has 2 rings (SSSR count). The number of halogens is 4. The maximum Gasteiger partial charge on any atom is 0.417 e. The minimum Gasteiger partial charge on any atom is -0.300 e. The lowest BCUT2D eigenvalue weighted by Crippen LogP contribution is -2.48. The van der Waals surface area contributed by atoms with Gasteiger partial charge in [0.25, 0.3) is 0 Å². The number of carbonyl (C=O) groups is 1. The van der Waals surface area contributed by atoms with E-state index in [0.717, 1.165) is 16.4 Å². The van der Waals surface area contributed by atoms with E-state index >= 15 is 0 Å². The van der Waals surface area contributed by atoms with Gasteiger partial charge in [-0.1, -0.05) is 11.6 Å². The summed E-state index contributed by atoms with van der Waals surface area (Å²) in [6, 6.07) is 2.59. The number of carbonyl (C=O) groups excluding carboxylic acids is 1. The summed E-state index contributed by atoms with van der Waals surface area (Å²) in [4.78, 5) is 12.5. The Morgan fingerprint density at radius 3 is 2.32 bits per heavy atom. The predicted molar refractivity (Wildman–Crippen MR) is 87.0 cm³/mol. The first-order valence-corrected chi connectivity index (χ1v) is 9.42. The molecule has 0 bridgehead atoms. The third-order valence-corrected chi connectivity index (χ3v) is 6.22. The van der Waals surface area contributed by atoms with Crippen molar-refractivity contribution in [1.82, 2.24) is 9.21 Å². The molecule has 0 saturated carbocycles. The average molecular weight is 399 g/mol. The van der Waals surface area contributed by atoms with E-state index in [-0.39, 0.29) is 18.9 Å².